The van der Waals surface area contributed by atoms with Crippen molar-refractivity contribution >= 4 is 11.0 Å². The van der Waals surface area contributed by atoms with Gasteiger partial charge in [-0.15, -0.1) is 0 Å². The number of nitrogens with one attached hydrogen (secondary N) is 1. The highest BCUT2D eigenvalue weighted by atomic mass is 19.1. The summed E-state index contributed by atoms with van der Waals surface area (Å²) in [5, 5.41) is 13.0. The zero-order valence-electron chi connectivity index (χ0n) is 16.3. The fraction of sp³-hybridized carbons (Fsp3) is 0.333. The molecule has 148 valence electrons. The average molecular weight is 392 g/mol. The number of aromatic nitrogens is 6. The number of halogens is 1. The number of rotatable bonds is 4. The van der Waals surface area contributed by atoms with Crippen LogP contribution in [0.3, 0.4) is 0 Å². The molecular weight excluding hydrogens is 371 g/mol. The van der Waals surface area contributed by atoms with Gasteiger partial charge in [0.15, 0.2) is 5.65 Å². The number of pyridine rings is 2. The molecule has 29 heavy (non-hydrogen) atoms. The summed E-state index contributed by atoms with van der Waals surface area (Å²) < 4.78 is 20.9. The van der Waals surface area contributed by atoms with E-state index in [0.29, 0.717) is 18.2 Å². The van der Waals surface area contributed by atoms with Crippen molar-refractivity contribution in [1.29, 1.82) is 0 Å². The van der Waals surface area contributed by atoms with Gasteiger partial charge in [-0.25, -0.2) is 9.37 Å². The second-order valence-corrected chi connectivity index (χ2v) is 7.52. The molecule has 0 aliphatic carbocycles. The number of aryl methyl sites for hydroxylation is 1. The maximum absolute atomic E-state index is 13.5. The van der Waals surface area contributed by atoms with E-state index in [0.717, 1.165) is 58.6 Å². The Hall–Kier alpha value is -3.13. The molecule has 0 unspecified atom stereocenters. The normalized spacial score (nSPS) is 16.3. The Kier molecular flexibility index (Phi) is 4.35. The minimum absolute atomic E-state index is 0.364. The molecule has 4 aromatic heterocycles. The van der Waals surface area contributed by atoms with Crippen LogP contribution in [0.25, 0.3) is 33.5 Å². The smallest absolute Gasteiger partial charge is 0.155 e. The summed E-state index contributed by atoms with van der Waals surface area (Å²) in [6.45, 7) is 3.46. The van der Waals surface area contributed by atoms with E-state index in [9.17, 15) is 4.39 Å². The number of fused-ring (bicyclic) bond motifs is 2. The number of ether oxygens (including phenoxy) is 1. The van der Waals surface area contributed by atoms with E-state index in [-0.39, 0.29) is 5.82 Å². The Morgan fingerprint density at radius 3 is 3.00 bits per heavy atom. The molecule has 1 aliphatic rings. The Morgan fingerprint density at radius 2 is 2.21 bits per heavy atom. The van der Waals surface area contributed by atoms with Crippen LogP contribution in [-0.4, -0.2) is 43.7 Å². The first-order valence-electron chi connectivity index (χ1n) is 9.65. The van der Waals surface area contributed by atoms with Gasteiger partial charge in [0.05, 0.1) is 24.7 Å². The predicted octanol–water partition coefficient (Wildman–Crippen LogP) is 3.54. The van der Waals surface area contributed by atoms with Crippen LogP contribution in [0.1, 0.15) is 17.8 Å². The van der Waals surface area contributed by atoms with Crippen molar-refractivity contribution in [2.24, 2.45) is 5.92 Å². The van der Waals surface area contributed by atoms with Gasteiger partial charge >= 0.3 is 0 Å². The standard InChI is InChI=1S/C21H21FN6O/c1-12-7-15(16-9-24-26-21(16)25-12)19-18-6-3-13(11-29-2)10-28(18)27-20(19)17-5-4-14(22)8-23-17/h4-5,7-9,13H,3,6,10-11H2,1-2H3,(H,24,25,26)/t13-/m0/s1. The van der Waals surface area contributed by atoms with Crippen molar-refractivity contribution < 1.29 is 9.13 Å². The topological polar surface area (TPSA) is 81.5 Å². The lowest BCUT2D eigenvalue weighted by atomic mass is 9.92. The van der Waals surface area contributed by atoms with Crippen molar-refractivity contribution in [3.63, 3.8) is 0 Å². The Labute approximate surface area is 166 Å². The van der Waals surface area contributed by atoms with Crippen molar-refractivity contribution in [3.05, 3.63) is 47.8 Å². The monoisotopic (exact) mass is 392 g/mol. The average Bonchev–Trinajstić information content (AvgIpc) is 3.32. The fourth-order valence-corrected chi connectivity index (χ4v) is 4.19. The van der Waals surface area contributed by atoms with Crippen molar-refractivity contribution in [2.75, 3.05) is 13.7 Å². The lowest BCUT2D eigenvalue weighted by Gasteiger charge is -2.23. The van der Waals surface area contributed by atoms with Gasteiger partial charge in [-0.2, -0.15) is 10.2 Å². The minimum atomic E-state index is -0.364. The number of aromatic amines is 1. The predicted molar refractivity (Wildman–Crippen MR) is 107 cm³/mol. The van der Waals surface area contributed by atoms with Crippen molar-refractivity contribution in [2.45, 2.75) is 26.3 Å². The van der Waals surface area contributed by atoms with Crippen LogP contribution in [0, 0.1) is 18.7 Å². The molecule has 5 heterocycles. The van der Waals surface area contributed by atoms with E-state index in [1.807, 2.05) is 6.92 Å². The number of hydrogen-bond acceptors (Lipinski definition) is 5. The van der Waals surface area contributed by atoms with Gasteiger partial charge in [0.1, 0.15) is 11.5 Å². The van der Waals surface area contributed by atoms with Gasteiger partial charge in [0.2, 0.25) is 0 Å². The van der Waals surface area contributed by atoms with Crippen LogP contribution in [0.15, 0.2) is 30.6 Å². The van der Waals surface area contributed by atoms with Crippen LogP contribution in [0.4, 0.5) is 4.39 Å². The van der Waals surface area contributed by atoms with Gasteiger partial charge in [0.25, 0.3) is 0 Å². The molecule has 1 atom stereocenters. The first-order valence-corrected chi connectivity index (χ1v) is 9.65. The molecule has 0 saturated heterocycles. The number of methoxy groups -OCH3 is 1. The highest BCUT2D eigenvalue weighted by Gasteiger charge is 2.28. The third kappa shape index (κ3) is 3.09. The minimum Gasteiger partial charge on any atom is -0.384 e. The molecule has 8 heteroatoms. The zero-order chi connectivity index (χ0) is 20.0. The number of hydrogen-bond donors (Lipinski definition) is 1. The summed E-state index contributed by atoms with van der Waals surface area (Å²) in [5.74, 6) is 0.0545. The van der Waals surface area contributed by atoms with Crippen LogP contribution >= 0.6 is 0 Å². The first-order chi connectivity index (χ1) is 14.1. The SMILES string of the molecule is COC[C@H]1CCc2c(-c3cc(C)nc4[nH]ncc34)c(-c3ccc(F)cn3)nn2C1. The van der Waals surface area contributed by atoms with Crippen LogP contribution in [0.5, 0.6) is 0 Å². The quantitative estimate of drug-likeness (QED) is 0.574. The maximum atomic E-state index is 13.5. The first kappa shape index (κ1) is 17.9. The van der Waals surface area contributed by atoms with Crippen LogP contribution < -0.4 is 0 Å². The van der Waals surface area contributed by atoms with Crippen LogP contribution in [-0.2, 0) is 17.7 Å². The third-order valence-electron chi connectivity index (χ3n) is 5.47. The summed E-state index contributed by atoms with van der Waals surface area (Å²) in [6.07, 6.45) is 4.94. The molecule has 1 N–H and O–H groups in total. The molecule has 4 aromatic rings. The van der Waals surface area contributed by atoms with Gasteiger partial charge in [-0.1, -0.05) is 0 Å². The van der Waals surface area contributed by atoms with E-state index < -0.39 is 0 Å². The van der Waals surface area contributed by atoms with E-state index in [2.05, 4.69) is 30.9 Å². The molecule has 1 aliphatic heterocycles. The van der Waals surface area contributed by atoms with Crippen LogP contribution in [0.2, 0.25) is 0 Å². The lowest BCUT2D eigenvalue weighted by Crippen LogP contribution is -2.24. The molecular formula is C21H21FN6O. The summed E-state index contributed by atoms with van der Waals surface area (Å²) in [5.41, 5.74) is 6.25. The molecule has 0 aromatic carbocycles. The van der Waals surface area contributed by atoms with Gasteiger partial charge in [-0.3, -0.25) is 14.8 Å². The van der Waals surface area contributed by atoms with Crippen molar-refractivity contribution in [1.82, 2.24) is 29.9 Å². The largest absolute Gasteiger partial charge is 0.384 e. The van der Waals surface area contributed by atoms with Crippen molar-refractivity contribution in [3.8, 4) is 22.5 Å². The summed E-state index contributed by atoms with van der Waals surface area (Å²) in [4.78, 5) is 8.85. The van der Waals surface area contributed by atoms with Gasteiger partial charge < -0.3 is 4.74 Å². The Bertz CT molecular complexity index is 1180. The molecule has 0 spiro atoms. The second-order valence-electron chi connectivity index (χ2n) is 7.52. The maximum Gasteiger partial charge on any atom is 0.155 e. The molecule has 0 bridgehead atoms. The molecule has 0 fully saturated rings. The molecule has 0 amide bonds. The summed E-state index contributed by atoms with van der Waals surface area (Å²) >= 11 is 0. The molecule has 0 saturated carbocycles. The fourth-order valence-electron chi connectivity index (χ4n) is 4.19. The van der Waals surface area contributed by atoms with E-state index in [1.165, 1.54) is 12.3 Å². The van der Waals surface area contributed by atoms with Gasteiger partial charge in [0, 0.05) is 47.5 Å². The summed E-state index contributed by atoms with van der Waals surface area (Å²) in [6, 6.07) is 5.16. The van der Waals surface area contributed by atoms with Gasteiger partial charge in [-0.05, 0) is 38.0 Å². The third-order valence-corrected chi connectivity index (χ3v) is 5.47. The number of H-pyrrole nitrogens is 1. The van der Waals surface area contributed by atoms with E-state index in [1.54, 1.807) is 19.4 Å². The second kappa shape index (κ2) is 7.04. The molecule has 0 radical (unpaired) electrons. The zero-order valence-corrected chi connectivity index (χ0v) is 16.3. The van der Waals surface area contributed by atoms with E-state index >= 15 is 0 Å². The highest BCUT2D eigenvalue weighted by molar-refractivity contribution is 5.97. The Balaban J connectivity index is 1.75. The lowest BCUT2D eigenvalue weighted by molar-refractivity contribution is 0.129. The molecule has 7 nitrogen and oxygen atoms in total. The number of nitrogens with zero attached hydrogens (tertiary/aromatic N) is 5. The summed E-state index contributed by atoms with van der Waals surface area (Å²) in [7, 11) is 1.73. The van der Waals surface area contributed by atoms with E-state index in [4.69, 9.17) is 9.84 Å². The Morgan fingerprint density at radius 1 is 1.31 bits per heavy atom. The highest BCUT2D eigenvalue weighted by Crippen LogP contribution is 2.40. The molecule has 5 rings (SSSR count).